The summed E-state index contributed by atoms with van der Waals surface area (Å²) in [6.45, 7) is 5.61. The quantitative estimate of drug-likeness (QED) is 0.857. The van der Waals surface area contributed by atoms with Crippen molar-refractivity contribution in [3.63, 3.8) is 0 Å². The summed E-state index contributed by atoms with van der Waals surface area (Å²) in [4.78, 5) is 15.3. The van der Waals surface area contributed by atoms with E-state index in [1.165, 1.54) is 0 Å². The molecule has 2 heterocycles. The number of H-pyrrole nitrogens is 1. The molecule has 0 radical (unpaired) electrons. The van der Waals surface area contributed by atoms with Crippen molar-refractivity contribution in [2.75, 3.05) is 6.61 Å². The summed E-state index contributed by atoms with van der Waals surface area (Å²) in [6, 6.07) is 9.79. The Balaban J connectivity index is 2.26. The highest BCUT2D eigenvalue weighted by Gasteiger charge is 2.48. The third-order valence-corrected chi connectivity index (χ3v) is 4.71. The van der Waals surface area contributed by atoms with Gasteiger partial charge in [0.15, 0.2) is 0 Å². The average Bonchev–Trinajstić information content (AvgIpc) is 2.90. The third kappa shape index (κ3) is 2.30. The predicted octanol–water partition coefficient (Wildman–Crippen LogP) is 3.02. The Bertz CT molecular complexity index is 807. The maximum absolute atomic E-state index is 12.5. The fourth-order valence-corrected chi connectivity index (χ4v) is 3.27. The number of aromatic amines is 1. The average molecular weight is 311 g/mol. The van der Waals surface area contributed by atoms with Crippen LogP contribution in [0, 0.1) is 0 Å². The van der Waals surface area contributed by atoms with Crippen LogP contribution in [0.3, 0.4) is 0 Å². The number of fused-ring (bicyclic) bond motifs is 1. The van der Waals surface area contributed by atoms with E-state index in [2.05, 4.69) is 4.98 Å². The minimum absolute atomic E-state index is 0.156. The highest BCUT2D eigenvalue weighted by molar-refractivity contribution is 5.73. The zero-order valence-corrected chi connectivity index (χ0v) is 13.6. The van der Waals surface area contributed by atoms with Crippen LogP contribution in [0.2, 0.25) is 0 Å². The number of benzene rings is 1. The molecule has 23 heavy (non-hydrogen) atoms. The number of hydrogen-bond donors (Lipinski definition) is 2. The molecular formula is C19H21NO3. The van der Waals surface area contributed by atoms with Gasteiger partial charge in [0.2, 0.25) is 0 Å². The molecule has 2 atom stereocenters. The number of aromatic nitrogens is 1. The Hall–Kier alpha value is -2.33. The van der Waals surface area contributed by atoms with Gasteiger partial charge in [-0.3, -0.25) is 4.79 Å². The van der Waals surface area contributed by atoms with Crippen LogP contribution in [0.5, 0.6) is 5.75 Å². The van der Waals surface area contributed by atoms with Gasteiger partial charge in [-0.1, -0.05) is 36.4 Å². The second-order valence-corrected chi connectivity index (χ2v) is 6.21. The molecule has 2 N–H and O–H groups in total. The van der Waals surface area contributed by atoms with Gasteiger partial charge in [0, 0.05) is 11.8 Å². The molecule has 4 nitrogen and oxygen atoms in total. The van der Waals surface area contributed by atoms with E-state index < -0.39 is 5.41 Å². The molecule has 2 aromatic rings. The summed E-state index contributed by atoms with van der Waals surface area (Å²) < 4.78 is 6.18. The fourth-order valence-electron chi connectivity index (χ4n) is 3.27. The number of ether oxygens (including phenoxy) is 1. The molecule has 1 aliphatic rings. The van der Waals surface area contributed by atoms with Crippen LogP contribution in [-0.2, 0) is 5.41 Å². The van der Waals surface area contributed by atoms with Gasteiger partial charge in [0.05, 0.1) is 17.6 Å². The molecule has 0 saturated carbocycles. The van der Waals surface area contributed by atoms with Gasteiger partial charge in [-0.25, -0.2) is 0 Å². The van der Waals surface area contributed by atoms with E-state index in [-0.39, 0.29) is 18.3 Å². The maximum atomic E-state index is 12.5. The third-order valence-electron chi connectivity index (χ3n) is 4.71. The van der Waals surface area contributed by atoms with Gasteiger partial charge in [0.1, 0.15) is 11.9 Å². The minimum Gasteiger partial charge on any atom is -0.484 e. The molecular weight excluding hydrogens is 290 g/mol. The van der Waals surface area contributed by atoms with Crippen molar-refractivity contribution < 1.29 is 9.84 Å². The van der Waals surface area contributed by atoms with Crippen LogP contribution >= 0.6 is 0 Å². The van der Waals surface area contributed by atoms with Crippen molar-refractivity contribution in [1.29, 1.82) is 0 Å². The smallest absolute Gasteiger partial charge is 0.255 e. The van der Waals surface area contributed by atoms with Gasteiger partial charge in [-0.15, -0.1) is 0 Å². The summed E-state index contributed by atoms with van der Waals surface area (Å²) in [5, 5.41) is 10.0. The van der Waals surface area contributed by atoms with Crippen molar-refractivity contribution in [2.24, 2.45) is 0 Å². The lowest BCUT2D eigenvalue weighted by Crippen LogP contribution is -2.42. The largest absolute Gasteiger partial charge is 0.484 e. The van der Waals surface area contributed by atoms with Crippen molar-refractivity contribution >= 4 is 0 Å². The summed E-state index contributed by atoms with van der Waals surface area (Å²) in [6.07, 6.45) is 3.29. The molecule has 3 rings (SSSR count). The van der Waals surface area contributed by atoms with Crippen LogP contribution in [0.25, 0.3) is 11.1 Å². The van der Waals surface area contributed by atoms with Crippen LogP contribution in [0.15, 0.2) is 53.0 Å². The molecule has 2 unspecified atom stereocenters. The van der Waals surface area contributed by atoms with E-state index in [1.807, 2.05) is 57.2 Å². The first-order chi connectivity index (χ1) is 11.0. The zero-order chi connectivity index (χ0) is 16.6. The molecule has 120 valence electrons. The number of aliphatic hydroxyl groups is 1. The number of allylic oxidation sites excluding steroid dienone is 1. The van der Waals surface area contributed by atoms with E-state index in [0.717, 1.165) is 16.7 Å². The highest BCUT2D eigenvalue weighted by atomic mass is 16.5. The Labute approximate surface area is 135 Å². The predicted molar refractivity (Wildman–Crippen MR) is 90.8 cm³/mol. The van der Waals surface area contributed by atoms with Gasteiger partial charge in [0.25, 0.3) is 5.56 Å². The maximum Gasteiger partial charge on any atom is 0.255 e. The monoisotopic (exact) mass is 311 g/mol. The van der Waals surface area contributed by atoms with E-state index in [1.54, 1.807) is 6.20 Å². The van der Waals surface area contributed by atoms with Crippen molar-refractivity contribution in [3.8, 4) is 16.9 Å². The Kier molecular flexibility index (Phi) is 3.86. The molecule has 0 aliphatic carbocycles. The first-order valence-electron chi connectivity index (χ1n) is 7.75. The summed E-state index contributed by atoms with van der Waals surface area (Å²) in [7, 11) is 0. The Morgan fingerprint density at radius 2 is 2.09 bits per heavy atom. The number of nitrogens with one attached hydrogen (secondary N) is 1. The van der Waals surface area contributed by atoms with Crippen molar-refractivity contribution in [3.05, 3.63) is 64.1 Å². The van der Waals surface area contributed by atoms with Crippen LogP contribution in [0.4, 0.5) is 0 Å². The van der Waals surface area contributed by atoms with E-state index in [9.17, 15) is 9.90 Å². The number of aliphatic hydroxyl groups excluding tert-OH is 1. The Morgan fingerprint density at radius 1 is 1.39 bits per heavy atom. The molecule has 0 fully saturated rings. The highest BCUT2D eigenvalue weighted by Crippen LogP contribution is 2.47. The topological polar surface area (TPSA) is 62.3 Å². The molecule has 1 aliphatic heterocycles. The van der Waals surface area contributed by atoms with Crippen LogP contribution < -0.4 is 10.3 Å². The number of rotatable bonds is 3. The van der Waals surface area contributed by atoms with Gasteiger partial charge in [-0.2, -0.15) is 0 Å². The zero-order valence-electron chi connectivity index (χ0n) is 13.6. The van der Waals surface area contributed by atoms with E-state index in [0.29, 0.717) is 11.3 Å². The van der Waals surface area contributed by atoms with Gasteiger partial charge >= 0.3 is 0 Å². The standard InChI is InChI=1S/C19H21NO3/c1-4-12(2)17-19(3,11-21)15-16(23-17)14(10-20-18(15)22)13-8-6-5-7-9-13/h4-10,17,21H,11H2,1-3H3,(H,20,22). The number of pyridine rings is 1. The van der Waals surface area contributed by atoms with Crippen LogP contribution in [-0.4, -0.2) is 22.8 Å². The second-order valence-electron chi connectivity index (χ2n) is 6.21. The first-order valence-corrected chi connectivity index (χ1v) is 7.75. The molecule has 1 aromatic carbocycles. The normalized spacial score (nSPS) is 23.5. The summed E-state index contributed by atoms with van der Waals surface area (Å²) in [5.74, 6) is 0.572. The lowest BCUT2D eigenvalue weighted by molar-refractivity contribution is 0.122. The summed E-state index contributed by atoms with van der Waals surface area (Å²) in [5.41, 5.74) is 2.36. The SMILES string of the molecule is CC=C(C)C1Oc2c(-c3ccccc3)c[nH]c(=O)c2C1(C)CO. The first kappa shape index (κ1) is 15.6. The molecule has 0 saturated heterocycles. The van der Waals surface area contributed by atoms with Gasteiger partial charge < -0.3 is 14.8 Å². The van der Waals surface area contributed by atoms with Crippen molar-refractivity contribution in [2.45, 2.75) is 32.3 Å². The molecule has 0 amide bonds. The fraction of sp³-hybridized carbons (Fsp3) is 0.316. The molecule has 1 aromatic heterocycles. The van der Waals surface area contributed by atoms with Gasteiger partial charge in [-0.05, 0) is 31.9 Å². The van der Waals surface area contributed by atoms with Crippen molar-refractivity contribution in [1.82, 2.24) is 4.98 Å². The second kappa shape index (κ2) is 5.70. The lowest BCUT2D eigenvalue weighted by Gasteiger charge is -2.28. The van der Waals surface area contributed by atoms with E-state index >= 15 is 0 Å². The molecule has 0 bridgehead atoms. The Morgan fingerprint density at radius 3 is 2.70 bits per heavy atom. The minimum atomic E-state index is -0.760. The van der Waals surface area contributed by atoms with Crippen LogP contribution in [0.1, 0.15) is 26.3 Å². The summed E-state index contributed by atoms with van der Waals surface area (Å²) >= 11 is 0. The number of hydrogen-bond acceptors (Lipinski definition) is 3. The lowest BCUT2D eigenvalue weighted by atomic mass is 9.77. The molecule has 4 heteroatoms. The molecule has 0 spiro atoms. The van der Waals surface area contributed by atoms with E-state index in [4.69, 9.17) is 4.74 Å².